The normalized spacial score (nSPS) is 10.5. The van der Waals surface area contributed by atoms with E-state index in [1.165, 1.54) is 94.1 Å². The highest BCUT2D eigenvalue weighted by Gasteiger charge is 2.11. The molecule has 0 atom stereocenters. The van der Waals surface area contributed by atoms with Crippen LogP contribution in [-0.4, -0.2) is 11.9 Å². The van der Waals surface area contributed by atoms with Crippen molar-refractivity contribution in [3.63, 3.8) is 0 Å². The third kappa shape index (κ3) is 19.6. The molecule has 0 saturated heterocycles. The predicted octanol–water partition coefficient (Wildman–Crippen LogP) is 13.0. The quantitative estimate of drug-likeness (QED) is 0.0584. The lowest BCUT2D eigenvalue weighted by atomic mass is 10.1. The molecule has 0 saturated carbocycles. The molecule has 3 aromatic carbocycles. The van der Waals surface area contributed by atoms with Crippen molar-refractivity contribution in [1.29, 1.82) is 0 Å². The first-order chi connectivity index (χ1) is 23.2. The van der Waals surface area contributed by atoms with E-state index < -0.39 is 11.9 Å². The van der Waals surface area contributed by atoms with E-state index in [0.29, 0.717) is 12.8 Å². The van der Waals surface area contributed by atoms with Gasteiger partial charge in [-0.05, 0) is 49.2 Å². The summed E-state index contributed by atoms with van der Waals surface area (Å²) in [7, 11) is 0. The Balaban J connectivity index is 0.000000347. The van der Waals surface area contributed by atoms with Gasteiger partial charge < -0.3 is 4.90 Å². The molecule has 0 fully saturated rings. The van der Waals surface area contributed by atoms with Gasteiger partial charge >= 0.3 is 11.9 Å². The second-order valence-electron chi connectivity index (χ2n) is 12.4. The van der Waals surface area contributed by atoms with E-state index in [0.717, 1.165) is 38.5 Å². The topological polar surface area (TPSA) is 55.8 Å². The van der Waals surface area contributed by atoms with Crippen LogP contribution in [-0.2, 0) is 19.4 Å². The summed E-state index contributed by atoms with van der Waals surface area (Å²) >= 11 is 0. The fourth-order valence-electron chi connectivity index (χ4n) is 5.51. The van der Waals surface area contributed by atoms with Gasteiger partial charge in [0.2, 0.25) is 0 Å². The summed E-state index contributed by atoms with van der Waals surface area (Å²) in [5.74, 6) is -0.855. The van der Waals surface area contributed by atoms with E-state index >= 15 is 0 Å². The molecular formula is C42H61NO4. The van der Waals surface area contributed by atoms with Gasteiger partial charge in [-0.15, -0.1) is 0 Å². The molecule has 5 nitrogen and oxygen atoms in total. The number of nitrogens with zero attached hydrogens (tertiary/aromatic N) is 1. The first-order valence-electron chi connectivity index (χ1n) is 18.5. The Hall–Kier alpha value is -3.60. The van der Waals surface area contributed by atoms with E-state index in [1.54, 1.807) is 0 Å². The Labute approximate surface area is 286 Å². The van der Waals surface area contributed by atoms with Crippen LogP contribution in [0.25, 0.3) is 0 Å². The van der Waals surface area contributed by atoms with Crippen LogP contribution in [0.5, 0.6) is 0 Å². The van der Waals surface area contributed by atoms with E-state index in [9.17, 15) is 9.59 Å². The van der Waals surface area contributed by atoms with Crippen LogP contribution in [0.2, 0.25) is 0 Å². The van der Waals surface area contributed by atoms with Crippen LogP contribution >= 0.6 is 0 Å². The number of carbonyl (C=O) groups excluding carboxylic acids is 2. The molecular weight excluding hydrogens is 582 g/mol. The van der Waals surface area contributed by atoms with E-state index in [2.05, 4.69) is 101 Å². The maximum Gasteiger partial charge on any atom is 0.355 e. The number of para-hydroxylation sites is 3. The highest BCUT2D eigenvalue weighted by Crippen LogP contribution is 2.33. The van der Waals surface area contributed by atoms with Crippen LogP contribution in [0.3, 0.4) is 0 Å². The zero-order valence-electron chi connectivity index (χ0n) is 29.4. The molecule has 258 valence electrons. The number of rotatable bonds is 23. The van der Waals surface area contributed by atoms with Gasteiger partial charge in [0, 0.05) is 17.1 Å². The summed E-state index contributed by atoms with van der Waals surface area (Å²) in [5, 5.41) is 0. The maximum absolute atomic E-state index is 11.6. The van der Waals surface area contributed by atoms with Crippen molar-refractivity contribution in [1.82, 2.24) is 0 Å². The van der Waals surface area contributed by atoms with E-state index in [4.69, 9.17) is 0 Å². The van der Waals surface area contributed by atoms with Crippen LogP contribution in [0.4, 0.5) is 17.1 Å². The first kappa shape index (κ1) is 39.6. The molecule has 47 heavy (non-hydrogen) atoms. The summed E-state index contributed by atoms with van der Waals surface area (Å²) in [4.78, 5) is 34.6. The van der Waals surface area contributed by atoms with Gasteiger partial charge in [0.25, 0.3) is 0 Å². The molecule has 3 aromatic rings. The van der Waals surface area contributed by atoms with Crippen molar-refractivity contribution in [3.8, 4) is 0 Å². The molecule has 0 aliphatic rings. The number of hydrogen-bond acceptors (Lipinski definition) is 5. The van der Waals surface area contributed by atoms with Gasteiger partial charge in [-0.25, -0.2) is 19.4 Å². The molecule has 0 aliphatic carbocycles. The average Bonchev–Trinajstić information content (AvgIpc) is 3.11. The predicted molar refractivity (Wildman–Crippen MR) is 197 cm³/mol. The zero-order chi connectivity index (χ0) is 33.6. The standard InChI is InChI=1S/C24H46O4.C18H15N/c1-3-5-7-9-11-13-15-17-19-21-23(25)27-28-24(26)22-20-18-16-14-12-10-8-6-4-2;1-4-10-16(11-5-1)19(17-12-6-2-7-13-17)18-14-8-3-9-15-18/h3-22H2,1-2H3;1-15H. The van der Waals surface area contributed by atoms with Crippen molar-refractivity contribution < 1.29 is 19.4 Å². The smallest absolute Gasteiger partial charge is 0.311 e. The van der Waals surface area contributed by atoms with Crippen LogP contribution in [0, 0.1) is 0 Å². The molecule has 0 radical (unpaired) electrons. The van der Waals surface area contributed by atoms with Gasteiger partial charge in [0.05, 0.1) is 12.8 Å². The van der Waals surface area contributed by atoms with Crippen molar-refractivity contribution >= 4 is 29.0 Å². The van der Waals surface area contributed by atoms with Crippen molar-refractivity contribution in [3.05, 3.63) is 91.0 Å². The van der Waals surface area contributed by atoms with Gasteiger partial charge in [-0.2, -0.15) is 0 Å². The van der Waals surface area contributed by atoms with Gasteiger partial charge in [-0.1, -0.05) is 171 Å². The Morgan fingerprint density at radius 1 is 0.404 bits per heavy atom. The molecule has 0 heterocycles. The Morgan fingerprint density at radius 3 is 0.936 bits per heavy atom. The average molecular weight is 644 g/mol. The summed E-state index contributed by atoms with van der Waals surface area (Å²) in [5.41, 5.74) is 3.50. The van der Waals surface area contributed by atoms with Crippen LogP contribution in [0.1, 0.15) is 142 Å². The number of hydrogen-bond donors (Lipinski definition) is 0. The fraction of sp³-hybridized carbons (Fsp3) is 0.524. The molecule has 0 aliphatic heterocycles. The summed E-state index contributed by atoms with van der Waals surface area (Å²) in [6.45, 7) is 4.46. The molecule has 0 spiro atoms. The van der Waals surface area contributed by atoms with Crippen molar-refractivity contribution in [2.24, 2.45) is 0 Å². The first-order valence-corrected chi connectivity index (χ1v) is 18.5. The highest BCUT2D eigenvalue weighted by atomic mass is 17.2. The number of benzene rings is 3. The lowest BCUT2D eigenvalue weighted by Gasteiger charge is -2.25. The molecule has 3 rings (SSSR count). The Morgan fingerprint density at radius 2 is 0.660 bits per heavy atom. The molecule has 5 heteroatoms. The maximum atomic E-state index is 11.6. The lowest BCUT2D eigenvalue weighted by Crippen LogP contribution is -2.11. The highest BCUT2D eigenvalue weighted by molar-refractivity contribution is 5.76. The van der Waals surface area contributed by atoms with Gasteiger partial charge in [0.1, 0.15) is 0 Å². The third-order valence-corrected chi connectivity index (χ3v) is 8.24. The minimum atomic E-state index is -0.427. The van der Waals surface area contributed by atoms with Gasteiger partial charge in [0.15, 0.2) is 0 Å². The second kappa shape index (κ2) is 27.5. The summed E-state index contributed by atoms with van der Waals surface area (Å²) in [6.07, 6.45) is 22.3. The molecule has 0 amide bonds. The molecule has 0 N–H and O–H groups in total. The Bertz CT molecular complexity index is 1030. The number of anilines is 3. The second-order valence-corrected chi connectivity index (χ2v) is 12.4. The van der Waals surface area contributed by atoms with E-state index in [-0.39, 0.29) is 0 Å². The summed E-state index contributed by atoms with van der Waals surface area (Å²) < 4.78 is 0. The largest absolute Gasteiger partial charge is 0.355 e. The Kier molecular flexibility index (Phi) is 23.2. The van der Waals surface area contributed by atoms with Crippen LogP contribution < -0.4 is 4.90 Å². The fourth-order valence-corrected chi connectivity index (χ4v) is 5.51. The SMILES string of the molecule is CCCCCCCCCCCC(=O)OOC(=O)CCCCCCCCCCC.c1ccc(N(c2ccccc2)c2ccccc2)cc1. The number of carbonyl (C=O) groups is 2. The lowest BCUT2D eigenvalue weighted by molar-refractivity contribution is -0.259. The van der Waals surface area contributed by atoms with Gasteiger partial charge in [-0.3, -0.25) is 0 Å². The molecule has 0 aromatic heterocycles. The molecule has 0 unspecified atom stereocenters. The minimum absolute atomic E-state index is 0.334. The monoisotopic (exact) mass is 643 g/mol. The van der Waals surface area contributed by atoms with E-state index in [1.807, 2.05) is 18.2 Å². The third-order valence-electron chi connectivity index (χ3n) is 8.24. The van der Waals surface area contributed by atoms with Crippen molar-refractivity contribution in [2.45, 2.75) is 142 Å². The summed E-state index contributed by atoms with van der Waals surface area (Å²) in [6, 6.07) is 31.3. The minimum Gasteiger partial charge on any atom is -0.311 e. The zero-order valence-corrected chi connectivity index (χ0v) is 29.4. The molecule has 0 bridgehead atoms. The van der Waals surface area contributed by atoms with Crippen LogP contribution in [0.15, 0.2) is 91.0 Å². The van der Waals surface area contributed by atoms with Crippen molar-refractivity contribution in [2.75, 3.05) is 4.90 Å². The number of unbranched alkanes of at least 4 members (excludes halogenated alkanes) is 16.